The molecule has 4 aromatic heterocycles. The van der Waals surface area contributed by atoms with E-state index < -0.39 is 0 Å². The van der Waals surface area contributed by atoms with E-state index in [9.17, 15) is 0 Å². The Kier molecular flexibility index (Phi) is 9.01. The lowest BCUT2D eigenvalue weighted by molar-refractivity contribution is 0.565. The fourth-order valence-electron chi connectivity index (χ4n) is 11.3. The molecule has 11 nitrogen and oxygen atoms in total. The maximum Gasteiger partial charge on any atom is 0.182 e. The maximum atomic E-state index is 6.63. The molecule has 0 saturated heterocycles. The second-order valence-electron chi connectivity index (χ2n) is 18.9. The molecule has 0 saturated carbocycles. The minimum Gasteiger partial charge on any atom is -0.456 e. The van der Waals surface area contributed by atoms with E-state index in [0.29, 0.717) is 11.5 Å². The van der Waals surface area contributed by atoms with Gasteiger partial charge in [0, 0.05) is 74.2 Å². The average molecular weight is 944 g/mol. The van der Waals surface area contributed by atoms with Crippen molar-refractivity contribution in [1.29, 1.82) is 0 Å². The molecule has 0 radical (unpaired) electrons. The molecule has 11 heteroatoms. The highest BCUT2D eigenvalue weighted by Crippen LogP contribution is 2.48. The molecule has 0 spiro atoms. The predicted molar refractivity (Wildman–Crippen MR) is 297 cm³/mol. The molecule has 7 aromatic carbocycles. The van der Waals surface area contributed by atoms with Crippen LogP contribution in [0.25, 0.3) is 82.4 Å². The second-order valence-corrected chi connectivity index (χ2v) is 18.9. The molecule has 4 aliphatic rings. The molecule has 7 heterocycles. The van der Waals surface area contributed by atoms with E-state index in [1.54, 1.807) is 37.1 Å². The zero-order valence-corrected chi connectivity index (χ0v) is 39.3. The lowest BCUT2D eigenvalue weighted by atomic mass is 9.87. The Morgan fingerprint density at radius 3 is 2.07 bits per heavy atom. The number of anilines is 1. The largest absolute Gasteiger partial charge is 0.456 e. The molecule has 11 aromatic rings. The molecule has 0 N–H and O–H groups in total. The van der Waals surface area contributed by atoms with Crippen molar-refractivity contribution in [2.24, 2.45) is 25.0 Å². The van der Waals surface area contributed by atoms with Gasteiger partial charge in [-0.05, 0) is 108 Å². The molecule has 15 rings (SSSR count). The van der Waals surface area contributed by atoms with E-state index in [4.69, 9.17) is 18.8 Å². The van der Waals surface area contributed by atoms with Crippen molar-refractivity contribution in [1.82, 2.24) is 14.6 Å². The monoisotopic (exact) mass is 943 g/mol. The van der Waals surface area contributed by atoms with E-state index in [-0.39, 0.29) is 24.3 Å². The van der Waals surface area contributed by atoms with E-state index >= 15 is 0 Å². The first-order valence-electron chi connectivity index (χ1n) is 24.4. The number of furan rings is 2. The van der Waals surface area contributed by atoms with Gasteiger partial charge in [-0.1, -0.05) is 97.6 Å². The normalized spacial score (nSPS) is 19.1. The number of hydrogen-bond donors (Lipinski definition) is 0. The fraction of sp³-hybridized carbons (Fsp3) is 0.0806. The summed E-state index contributed by atoms with van der Waals surface area (Å²) in [5, 5.41) is 9.10. The topological polar surface area (TPSA) is 122 Å². The van der Waals surface area contributed by atoms with E-state index in [1.807, 2.05) is 13.0 Å². The smallest absolute Gasteiger partial charge is 0.182 e. The SMILES string of the molecule is C=CC(=Nc1nccnc1C)c1ccc2c(c1)oc1cc(-c3ccc4c5ccccc5n(N5c6ccccc6C6C=CC(c7ccc8c(c7)oc7cc(C9=NC%10N=CC=NC%10N=C9)ccc78)=CC65)c4c3)ccc12. The number of aromatic nitrogens is 3. The molecule has 0 bridgehead atoms. The van der Waals surface area contributed by atoms with Crippen LogP contribution in [0, 0.1) is 6.92 Å². The molecule has 1 aliphatic carbocycles. The number of allylic oxidation sites excluding steroid dienone is 3. The molecule has 73 heavy (non-hydrogen) atoms. The van der Waals surface area contributed by atoms with Gasteiger partial charge in [0.25, 0.3) is 0 Å². The Balaban J connectivity index is 0.804. The van der Waals surface area contributed by atoms with Crippen LogP contribution in [-0.4, -0.2) is 63.1 Å². The number of hydrogen-bond acceptors (Lipinski definition) is 10. The molecule has 3 aliphatic heterocycles. The first-order chi connectivity index (χ1) is 36.0. The van der Waals surface area contributed by atoms with Gasteiger partial charge < -0.3 is 8.83 Å². The quantitative estimate of drug-likeness (QED) is 0.147. The van der Waals surface area contributed by atoms with Crippen LogP contribution in [0.3, 0.4) is 0 Å². The third-order valence-corrected chi connectivity index (χ3v) is 14.8. The number of aliphatic imine (C=N–C) groups is 5. The van der Waals surface area contributed by atoms with Gasteiger partial charge in [-0.3, -0.25) is 34.6 Å². The van der Waals surface area contributed by atoms with Crippen molar-refractivity contribution in [3.05, 3.63) is 211 Å². The highest BCUT2D eigenvalue weighted by Gasteiger charge is 2.40. The summed E-state index contributed by atoms with van der Waals surface area (Å²) in [6.07, 6.45) is 16.7. The van der Waals surface area contributed by atoms with Crippen LogP contribution in [0.5, 0.6) is 0 Å². The Bertz CT molecular complexity index is 4420. The van der Waals surface area contributed by atoms with Gasteiger partial charge in [-0.25, -0.2) is 9.98 Å². The summed E-state index contributed by atoms with van der Waals surface area (Å²) in [4.78, 5) is 31.9. The van der Waals surface area contributed by atoms with E-state index in [0.717, 1.165) is 99.7 Å². The van der Waals surface area contributed by atoms with Crippen molar-refractivity contribution in [3.63, 3.8) is 0 Å². The molecule has 0 fully saturated rings. The van der Waals surface area contributed by atoms with Gasteiger partial charge in [0.05, 0.1) is 46.1 Å². The molecule has 346 valence electrons. The lowest BCUT2D eigenvalue weighted by Crippen LogP contribution is -2.37. The van der Waals surface area contributed by atoms with Crippen LogP contribution in [0.4, 0.5) is 11.5 Å². The second kappa shape index (κ2) is 16.0. The Labute approximate surface area is 417 Å². The van der Waals surface area contributed by atoms with Crippen molar-refractivity contribution in [3.8, 4) is 11.1 Å². The van der Waals surface area contributed by atoms with Gasteiger partial charge in [-0.2, -0.15) is 0 Å². The number of fused-ring (bicyclic) bond motifs is 13. The number of benzene rings is 7. The Morgan fingerprint density at radius 1 is 0.616 bits per heavy atom. The fourth-order valence-corrected chi connectivity index (χ4v) is 11.3. The van der Waals surface area contributed by atoms with Gasteiger partial charge in [0.1, 0.15) is 22.3 Å². The van der Waals surface area contributed by atoms with Crippen LogP contribution in [0.1, 0.15) is 33.9 Å². The molecule has 4 unspecified atom stereocenters. The van der Waals surface area contributed by atoms with Gasteiger partial charge >= 0.3 is 0 Å². The number of nitrogens with zero attached hydrogens (tertiary/aromatic N) is 9. The van der Waals surface area contributed by atoms with Gasteiger partial charge in [0.15, 0.2) is 18.1 Å². The van der Waals surface area contributed by atoms with Crippen molar-refractivity contribution >= 4 is 113 Å². The van der Waals surface area contributed by atoms with Crippen molar-refractivity contribution < 1.29 is 8.83 Å². The highest BCUT2D eigenvalue weighted by molar-refractivity contribution is 6.39. The third-order valence-electron chi connectivity index (χ3n) is 14.8. The first kappa shape index (κ1) is 41.2. The molecule has 0 amide bonds. The summed E-state index contributed by atoms with van der Waals surface area (Å²) in [5.41, 5.74) is 16.4. The maximum absolute atomic E-state index is 6.63. The van der Waals surface area contributed by atoms with Gasteiger partial charge in [0.2, 0.25) is 0 Å². The summed E-state index contributed by atoms with van der Waals surface area (Å²) in [7, 11) is 0. The predicted octanol–water partition coefficient (Wildman–Crippen LogP) is 13.7. The minimum absolute atomic E-state index is 0.0150. The summed E-state index contributed by atoms with van der Waals surface area (Å²) in [5.74, 6) is 0.704. The Hall–Kier alpha value is -9.61. The number of para-hydroxylation sites is 2. The summed E-state index contributed by atoms with van der Waals surface area (Å²) in [6.45, 7) is 5.95. The Morgan fingerprint density at radius 2 is 1.26 bits per heavy atom. The molecule has 4 atom stereocenters. The van der Waals surface area contributed by atoms with Crippen LogP contribution >= 0.6 is 0 Å². The van der Waals surface area contributed by atoms with Crippen LogP contribution in [-0.2, 0) is 0 Å². The zero-order valence-electron chi connectivity index (χ0n) is 39.3. The van der Waals surface area contributed by atoms with Crippen LogP contribution in [0.15, 0.2) is 217 Å². The third kappa shape index (κ3) is 6.48. The van der Waals surface area contributed by atoms with Crippen LogP contribution in [0.2, 0.25) is 0 Å². The highest BCUT2D eigenvalue weighted by atomic mass is 16.3. The first-order valence-corrected chi connectivity index (χ1v) is 24.4. The molecular weight excluding hydrogens is 903 g/mol. The summed E-state index contributed by atoms with van der Waals surface area (Å²) >= 11 is 0. The lowest BCUT2D eigenvalue weighted by Gasteiger charge is -2.32. The average Bonchev–Trinajstić information content (AvgIpc) is 4.21. The van der Waals surface area contributed by atoms with Gasteiger partial charge in [-0.15, -0.1) is 0 Å². The standard InChI is InChI=1S/C62H41N9O2/c1-3-50(68-60-35(2)63-24-25-64-60)40-16-22-48-46-20-14-38(30-56(46)72-58(48)32-40)36-12-18-44-42-8-4-6-10-52(42)70(54(44)28-36)71-53-11-7-5-9-43(53)45-19-13-37(29-55(45)71)39-15-21-47-49-23-17-41(33-59(49)73-57(47)31-39)51-34-67-61-62(69-51)66-27-26-65-61/h3-34,45,55,61-62H,1H2,2H3. The number of aryl methyl sites for hydroxylation is 1. The molecular formula is C62H41N9O2. The van der Waals surface area contributed by atoms with E-state index in [1.165, 1.54) is 22.0 Å². The van der Waals surface area contributed by atoms with Crippen molar-refractivity contribution in [2.75, 3.05) is 5.01 Å². The van der Waals surface area contributed by atoms with Crippen LogP contribution < -0.4 is 5.01 Å². The summed E-state index contributed by atoms with van der Waals surface area (Å²) in [6, 6.07) is 49.9. The zero-order chi connectivity index (χ0) is 48.3. The van der Waals surface area contributed by atoms with Crippen molar-refractivity contribution in [2.45, 2.75) is 31.2 Å². The number of rotatable bonds is 7. The van der Waals surface area contributed by atoms with E-state index in [2.05, 4.69) is 193 Å². The summed E-state index contributed by atoms with van der Waals surface area (Å²) < 4.78 is 15.7. The minimum atomic E-state index is -0.340.